The highest BCUT2D eigenvalue weighted by atomic mass is 32.2. The smallest absolute Gasteiger partial charge is 0.243 e. The number of carbonyl (C=O) groups excluding carboxylic acids is 1. The van der Waals surface area contributed by atoms with Crippen molar-refractivity contribution in [1.82, 2.24) is 18.6 Å². The zero-order valence-corrected chi connectivity index (χ0v) is 27.5. The minimum atomic E-state index is -3.56. The van der Waals surface area contributed by atoms with Gasteiger partial charge in [-0.25, -0.2) is 13.4 Å². The maximum Gasteiger partial charge on any atom is 0.243 e. The SMILES string of the molecule is Cc1ccc(S(=O)(=O)N2CCC(C(=O)NCCc3cn(SC(c4ccccc4)(c4ccccc4)c4ccccc4)cn3)CC2)cc1. The second-order valence-corrected chi connectivity index (χ2v) is 14.8. The number of piperidine rings is 1. The summed E-state index contributed by atoms with van der Waals surface area (Å²) in [6, 6.07) is 38.5. The summed E-state index contributed by atoms with van der Waals surface area (Å²) in [5, 5.41) is 3.06. The molecule has 46 heavy (non-hydrogen) atoms. The Morgan fingerprint density at radius 1 is 0.826 bits per heavy atom. The Morgan fingerprint density at radius 2 is 1.35 bits per heavy atom. The number of aryl methyl sites for hydroxylation is 1. The Morgan fingerprint density at radius 3 is 1.87 bits per heavy atom. The van der Waals surface area contributed by atoms with Gasteiger partial charge in [0.15, 0.2) is 0 Å². The van der Waals surface area contributed by atoms with Crippen LogP contribution in [0.3, 0.4) is 0 Å². The molecule has 1 saturated heterocycles. The molecule has 0 radical (unpaired) electrons. The van der Waals surface area contributed by atoms with Crippen LogP contribution >= 0.6 is 11.9 Å². The zero-order chi connectivity index (χ0) is 32.0. The van der Waals surface area contributed by atoms with Gasteiger partial charge in [-0.05, 0) is 60.5 Å². The molecule has 5 aromatic rings. The highest BCUT2D eigenvalue weighted by molar-refractivity contribution is 7.99. The van der Waals surface area contributed by atoms with Gasteiger partial charge in [0.05, 0.1) is 10.6 Å². The summed E-state index contributed by atoms with van der Waals surface area (Å²) in [7, 11) is -3.56. The maximum atomic E-state index is 13.0. The number of rotatable bonds is 11. The van der Waals surface area contributed by atoms with E-state index in [4.69, 9.17) is 0 Å². The summed E-state index contributed by atoms with van der Waals surface area (Å²) in [4.78, 5) is 18.0. The summed E-state index contributed by atoms with van der Waals surface area (Å²) in [5.41, 5.74) is 5.39. The van der Waals surface area contributed by atoms with Gasteiger partial charge in [0, 0.05) is 38.2 Å². The number of imidazole rings is 1. The first-order valence-electron chi connectivity index (χ1n) is 15.6. The average Bonchev–Trinajstić information content (AvgIpc) is 3.55. The molecule has 4 aromatic carbocycles. The van der Waals surface area contributed by atoms with Crippen molar-refractivity contribution in [3.8, 4) is 0 Å². The van der Waals surface area contributed by atoms with E-state index in [1.54, 1.807) is 36.2 Å². The topological polar surface area (TPSA) is 84.3 Å². The lowest BCUT2D eigenvalue weighted by Crippen LogP contribution is -2.43. The van der Waals surface area contributed by atoms with Crippen LogP contribution in [0.5, 0.6) is 0 Å². The number of sulfonamides is 1. The summed E-state index contributed by atoms with van der Waals surface area (Å²) in [5.74, 6) is -0.238. The number of carbonyl (C=O) groups is 1. The number of hydrogen-bond donors (Lipinski definition) is 1. The Balaban J connectivity index is 1.09. The third-order valence-corrected chi connectivity index (χ3v) is 11.9. The number of benzene rings is 4. The standard InChI is InChI=1S/C37H38N4O3S2/c1-29-17-19-35(20-18-29)46(43,44)41-25-22-30(23-26-41)36(42)38-24-21-34-27-40(28-39-34)45-37(31-11-5-2-6-12-31,32-13-7-3-8-14-32)33-15-9-4-10-16-33/h2-20,27-28,30H,21-26H2,1H3,(H,38,42). The molecule has 236 valence electrons. The predicted molar refractivity (Wildman–Crippen MR) is 184 cm³/mol. The first kappa shape index (κ1) is 31.8. The van der Waals surface area contributed by atoms with Gasteiger partial charge in [0.25, 0.3) is 0 Å². The van der Waals surface area contributed by atoms with Gasteiger partial charge in [-0.2, -0.15) is 4.31 Å². The molecule has 1 N–H and O–H groups in total. The van der Waals surface area contributed by atoms with Crippen LogP contribution in [0.2, 0.25) is 0 Å². The summed E-state index contributed by atoms with van der Waals surface area (Å²) < 4.78 is 29.1. The lowest BCUT2D eigenvalue weighted by atomic mass is 9.84. The van der Waals surface area contributed by atoms with Crippen LogP contribution in [0, 0.1) is 12.8 Å². The van der Waals surface area contributed by atoms with Gasteiger partial charge in [0.1, 0.15) is 11.1 Å². The fraction of sp³-hybridized carbons (Fsp3) is 0.243. The Bertz CT molecular complexity index is 1740. The van der Waals surface area contributed by atoms with Crippen LogP contribution < -0.4 is 5.32 Å². The summed E-state index contributed by atoms with van der Waals surface area (Å²) >= 11 is 1.69. The van der Waals surface area contributed by atoms with Crippen LogP contribution in [0.4, 0.5) is 0 Å². The zero-order valence-electron chi connectivity index (χ0n) is 25.8. The van der Waals surface area contributed by atoms with Crippen molar-refractivity contribution in [1.29, 1.82) is 0 Å². The third-order valence-electron chi connectivity index (χ3n) is 8.56. The maximum absolute atomic E-state index is 13.0. The van der Waals surface area contributed by atoms with E-state index < -0.39 is 14.8 Å². The molecule has 7 nitrogen and oxygen atoms in total. The molecular formula is C37H38N4O3S2. The molecule has 1 aliphatic heterocycles. The average molecular weight is 651 g/mol. The molecule has 1 amide bonds. The molecule has 1 aromatic heterocycles. The largest absolute Gasteiger partial charge is 0.355 e. The minimum absolute atomic E-state index is 0.0301. The molecule has 1 aliphatic rings. The fourth-order valence-corrected chi connectivity index (χ4v) is 8.81. The van der Waals surface area contributed by atoms with Crippen LogP contribution in [0.1, 0.15) is 40.8 Å². The van der Waals surface area contributed by atoms with E-state index >= 15 is 0 Å². The monoisotopic (exact) mass is 650 g/mol. The lowest BCUT2D eigenvalue weighted by molar-refractivity contribution is -0.126. The Kier molecular flexibility index (Phi) is 9.72. The quantitative estimate of drug-likeness (QED) is 0.167. The van der Waals surface area contributed by atoms with E-state index in [2.05, 4.69) is 87.1 Å². The van der Waals surface area contributed by atoms with E-state index in [0.29, 0.717) is 43.8 Å². The van der Waals surface area contributed by atoms with E-state index in [1.165, 1.54) is 4.31 Å². The first-order chi connectivity index (χ1) is 22.4. The third kappa shape index (κ3) is 6.82. The van der Waals surface area contributed by atoms with E-state index in [0.717, 1.165) is 27.9 Å². The molecule has 9 heteroatoms. The molecule has 1 fully saturated rings. The van der Waals surface area contributed by atoms with Crippen molar-refractivity contribution in [2.45, 2.75) is 35.8 Å². The van der Waals surface area contributed by atoms with Crippen molar-refractivity contribution in [2.24, 2.45) is 5.92 Å². The highest BCUT2D eigenvalue weighted by Crippen LogP contribution is 2.48. The normalized spacial score (nSPS) is 14.6. The van der Waals surface area contributed by atoms with Crippen LogP contribution in [0.25, 0.3) is 0 Å². The highest BCUT2D eigenvalue weighted by Gasteiger charge is 2.38. The number of aromatic nitrogens is 2. The van der Waals surface area contributed by atoms with Crippen molar-refractivity contribution in [3.63, 3.8) is 0 Å². The molecule has 0 saturated carbocycles. The van der Waals surface area contributed by atoms with Crippen molar-refractivity contribution in [3.05, 3.63) is 156 Å². The van der Waals surface area contributed by atoms with Gasteiger partial charge in [-0.3, -0.25) is 8.77 Å². The number of amides is 1. The van der Waals surface area contributed by atoms with E-state index in [-0.39, 0.29) is 11.8 Å². The van der Waals surface area contributed by atoms with Crippen LogP contribution in [-0.2, 0) is 26.0 Å². The van der Waals surface area contributed by atoms with Crippen molar-refractivity contribution in [2.75, 3.05) is 19.6 Å². The van der Waals surface area contributed by atoms with Gasteiger partial charge in [-0.1, -0.05) is 109 Å². The molecule has 2 heterocycles. The molecule has 0 atom stereocenters. The van der Waals surface area contributed by atoms with Gasteiger partial charge < -0.3 is 5.32 Å². The lowest BCUT2D eigenvalue weighted by Gasteiger charge is -2.35. The van der Waals surface area contributed by atoms with Gasteiger partial charge >= 0.3 is 0 Å². The molecule has 0 bridgehead atoms. The predicted octanol–water partition coefficient (Wildman–Crippen LogP) is 6.44. The van der Waals surface area contributed by atoms with E-state index in [9.17, 15) is 13.2 Å². The minimum Gasteiger partial charge on any atom is -0.355 e. The molecule has 0 unspecified atom stereocenters. The van der Waals surface area contributed by atoms with Crippen LogP contribution in [0.15, 0.2) is 133 Å². The molecule has 0 aliphatic carbocycles. The fourth-order valence-electron chi connectivity index (χ4n) is 6.03. The molecule has 6 rings (SSSR count). The summed E-state index contributed by atoms with van der Waals surface area (Å²) in [6.45, 7) is 3.06. The van der Waals surface area contributed by atoms with Gasteiger partial charge in [0.2, 0.25) is 15.9 Å². The Labute approximate surface area is 275 Å². The van der Waals surface area contributed by atoms with Gasteiger partial charge in [-0.15, -0.1) is 0 Å². The van der Waals surface area contributed by atoms with Crippen molar-refractivity contribution < 1.29 is 13.2 Å². The summed E-state index contributed by atoms with van der Waals surface area (Å²) in [6.07, 6.45) is 5.48. The number of hydrogen-bond acceptors (Lipinski definition) is 5. The van der Waals surface area contributed by atoms with Crippen LogP contribution in [-0.4, -0.2) is 47.2 Å². The van der Waals surface area contributed by atoms with Crippen molar-refractivity contribution >= 4 is 27.9 Å². The first-order valence-corrected chi connectivity index (χ1v) is 17.8. The second-order valence-electron chi connectivity index (χ2n) is 11.6. The second kappa shape index (κ2) is 14.1. The molecule has 0 spiro atoms. The number of nitrogens with zero attached hydrogens (tertiary/aromatic N) is 3. The number of nitrogens with one attached hydrogen (secondary N) is 1. The Hall–Kier alpha value is -4.18. The van der Waals surface area contributed by atoms with E-state index in [1.807, 2.05) is 37.6 Å². The molecular weight excluding hydrogens is 613 g/mol.